The molecule has 2 aliphatic carbocycles. The monoisotopic (exact) mass is 545 g/mol. The van der Waals surface area contributed by atoms with Crippen LogP contribution in [0, 0.1) is 5.92 Å². The summed E-state index contributed by atoms with van der Waals surface area (Å²) in [6.07, 6.45) is 9.56. The van der Waals surface area contributed by atoms with Crippen LogP contribution in [0.15, 0.2) is 90.7 Å². The summed E-state index contributed by atoms with van der Waals surface area (Å²) in [4.78, 5) is 5.83. The van der Waals surface area contributed by atoms with E-state index in [1.165, 1.54) is 38.6 Å². The fourth-order valence-electron chi connectivity index (χ4n) is 6.03. The Morgan fingerprint density at radius 3 is 2.75 bits per heavy atom. The van der Waals surface area contributed by atoms with Gasteiger partial charge in [-0.3, -0.25) is 0 Å². The molecule has 2 aromatic heterocycles. The number of halogens is 1. The number of hydrogen-bond donors (Lipinski definition) is 0. The Morgan fingerprint density at radius 2 is 1.88 bits per heavy atom. The van der Waals surface area contributed by atoms with Crippen LogP contribution in [0.1, 0.15) is 42.6 Å². The van der Waals surface area contributed by atoms with Gasteiger partial charge in [-0.15, -0.1) is 15.0 Å². The van der Waals surface area contributed by atoms with Crippen LogP contribution in [0.5, 0.6) is 5.88 Å². The molecule has 2 unspecified atom stereocenters. The third-order valence-corrected chi connectivity index (χ3v) is 8.50. The summed E-state index contributed by atoms with van der Waals surface area (Å²) in [7, 11) is 1.65. The van der Waals surface area contributed by atoms with Crippen LogP contribution in [0.25, 0.3) is 33.2 Å². The Balaban J connectivity index is 1.17. The van der Waals surface area contributed by atoms with Crippen LogP contribution in [-0.4, -0.2) is 32.3 Å². The van der Waals surface area contributed by atoms with E-state index in [0.29, 0.717) is 16.8 Å². The molecule has 40 heavy (non-hydrogen) atoms. The average Bonchev–Trinajstić information content (AvgIpc) is 3.50. The molecule has 3 aromatic carbocycles. The number of pyridine rings is 1. The number of tetrazole rings is 1. The normalized spacial score (nSPS) is 17.0. The molecule has 2 atom stereocenters. The summed E-state index contributed by atoms with van der Waals surface area (Å²) in [5.74, 6) is 1.85. The molecule has 0 aliphatic heterocycles. The van der Waals surface area contributed by atoms with Crippen molar-refractivity contribution in [3.05, 3.63) is 113 Å². The van der Waals surface area contributed by atoms with Crippen LogP contribution < -0.4 is 4.74 Å². The number of aryl methyl sites for hydroxylation is 1. The molecule has 0 saturated heterocycles. The molecule has 198 valence electrons. The number of fused-ring (bicyclic) bond motifs is 4. The lowest BCUT2D eigenvalue weighted by Gasteiger charge is -2.30. The molecule has 0 fully saturated rings. The number of ether oxygens (including phenoxy) is 1. The molecule has 0 saturated carbocycles. The predicted molar refractivity (Wildman–Crippen MR) is 159 cm³/mol. The third kappa shape index (κ3) is 4.38. The van der Waals surface area contributed by atoms with Gasteiger partial charge >= 0.3 is 0 Å². The Morgan fingerprint density at radius 1 is 1.00 bits per heavy atom. The molecule has 0 spiro atoms. The van der Waals surface area contributed by atoms with Gasteiger partial charge in [-0.25, -0.2) is 4.98 Å². The van der Waals surface area contributed by atoms with Crippen molar-refractivity contribution in [2.75, 3.05) is 7.11 Å². The molecular weight excluding hydrogens is 518 g/mol. The number of aromatic nitrogens is 5. The highest BCUT2D eigenvalue weighted by Gasteiger charge is 2.29. The molecule has 0 N–H and O–H groups in total. The van der Waals surface area contributed by atoms with Crippen molar-refractivity contribution >= 4 is 27.9 Å². The first-order valence-corrected chi connectivity index (χ1v) is 14.0. The maximum absolute atomic E-state index is 6.16. The molecular formula is C33H28ClN5O. The summed E-state index contributed by atoms with van der Waals surface area (Å²) in [5.41, 5.74) is 8.77. The van der Waals surface area contributed by atoms with Crippen LogP contribution in [0.4, 0.5) is 0 Å². The second-order valence-electron chi connectivity index (χ2n) is 10.6. The third-order valence-electron chi connectivity index (χ3n) is 8.27. The van der Waals surface area contributed by atoms with Gasteiger partial charge in [0.2, 0.25) is 5.88 Å². The molecule has 2 heterocycles. The van der Waals surface area contributed by atoms with E-state index in [1.807, 2.05) is 36.4 Å². The molecule has 0 bridgehead atoms. The van der Waals surface area contributed by atoms with E-state index in [2.05, 4.69) is 69.8 Å². The fourth-order valence-corrected chi connectivity index (χ4v) is 6.21. The van der Waals surface area contributed by atoms with E-state index in [9.17, 15) is 0 Å². The maximum Gasteiger partial charge on any atom is 0.213 e. The van der Waals surface area contributed by atoms with E-state index < -0.39 is 0 Å². The van der Waals surface area contributed by atoms with Crippen LogP contribution in [0.2, 0.25) is 5.02 Å². The van der Waals surface area contributed by atoms with Crippen molar-refractivity contribution in [2.45, 2.75) is 32.1 Å². The van der Waals surface area contributed by atoms with Crippen LogP contribution in [-0.2, 0) is 6.42 Å². The minimum Gasteiger partial charge on any atom is -0.481 e. The highest BCUT2D eigenvalue weighted by atomic mass is 35.5. The lowest BCUT2D eigenvalue weighted by Crippen LogP contribution is -2.17. The lowest BCUT2D eigenvalue weighted by atomic mass is 9.74. The Bertz CT molecular complexity index is 1820. The maximum atomic E-state index is 6.16. The van der Waals surface area contributed by atoms with Crippen LogP contribution in [0.3, 0.4) is 0 Å². The van der Waals surface area contributed by atoms with Gasteiger partial charge in [0.15, 0.2) is 5.82 Å². The van der Waals surface area contributed by atoms with Crippen molar-refractivity contribution < 1.29 is 4.74 Å². The van der Waals surface area contributed by atoms with Gasteiger partial charge in [-0.1, -0.05) is 66.6 Å². The average molecular weight is 546 g/mol. The van der Waals surface area contributed by atoms with E-state index in [1.54, 1.807) is 18.1 Å². The number of rotatable bonds is 5. The minimum absolute atomic E-state index is 0.149. The Hall–Kier alpha value is -4.29. The van der Waals surface area contributed by atoms with Crippen LogP contribution >= 0.6 is 11.6 Å². The standard InChI is InChI=1S/C33H28ClN5O/c1-20(33-36-38-39(37-33)27-5-3-4-26(34)19-27)22-9-11-28-25(16-22)10-13-30-29(28)12-8-21-6-7-23(17-31(21)30)24-14-15-35-32(18-24)40-2/h3-9,11-12,14-15,17-20,22H,10,13,16H2,1-2H3. The van der Waals surface area contributed by atoms with E-state index in [0.717, 1.165) is 36.3 Å². The van der Waals surface area contributed by atoms with Gasteiger partial charge in [0.25, 0.3) is 0 Å². The van der Waals surface area contributed by atoms with E-state index in [4.69, 9.17) is 16.3 Å². The molecule has 5 aromatic rings. The molecule has 0 radical (unpaired) electrons. The second-order valence-corrected chi connectivity index (χ2v) is 11.0. The number of nitrogens with zero attached hydrogens (tertiary/aromatic N) is 5. The highest BCUT2D eigenvalue weighted by molar-refractivity contribution is 6.30. The second kappa shape index (κ2) is 10.0. The fraction of sp³-hybridized carbons (Fsp3) is 0.212. The summed E-state index contributed by atoms with van der Waals surface area (Å²) in [6.45, 7) is 2.19. The predicted octanol–water partition coefficient (Wildman–Crippen LogP) is 7.62. The summed E-state index contributed by atoms with van der Waals surface area (Å²) >= 11 is 6.16. The summed E-state index contributed by atoms with van der Waals surface area (Å²) in [6, 6.07) is 22.8. The molecule has 7 heteroatoms. The molecule has 7 rings (SSSR count). The zero-order valence-corrected chi connectivity index (χ0v) is 23.1. The number of benzene rings is 3. The van der Waals surface area contributed by atoms with E-state index in [-0.39, 0.29) is 5.92 Å². The topological polar surface area (TPSA) is 65.7 Å². The number of methoxy groups -OCH3 is 1. The first-order valence-electron chi connectivity index (χ1n) is 13.6. The number of allylic oxidation sites excluding steroid dienone is 4. The van der Waals surface area contributed by atoms with Gasteiger partial charge in [0.05, 0.1) is 12.8 Å². The van der Waals surface area contributed by atoms with Crippen molar-refractivity contribution in [3.8, 4) is 22.7 Å². The van der Waals surface area contributed by atoms with Gasteiger partial charge < -0.3 is 4.74 Å². The quantitative estimate of drug-likeness (QED) is 0.227. The molecule has 6 nitrogen and oxygen atoms in total. The molecule has 0 amide bonds. The summed E-state index contributed by atoms with van der Waals surface area (Å²) < 4.78 is 5.35. The SMILES string of the molecule is COc1cc(-c2ccc3ccc4c(c3c2)CCC2=C4C=CC(C(C)c3nnn(-c4cccc(Cl)c4)n3)C2)ccn1. The lowest BCUT2D eigenvalue weighted by molar-refractivity contribution is 0.398. The first-order chi connectivity index (χ1) is 19.6. The van der Waals surface area contributed by atoms with Gasteiger partial charge in [0.1, 0.15) is 0 Å². The van der Waals surface area contributed by atoms with E-state index >= 15 is 0 Å². The van der Waals surface area contributed by atoms with Crippen molar-refractivity contribution in [2.24, 2.45) is 5.92 Å². The first kappa shape index (κ1) is 24.7. The minimum atomic E-state index is 0.149. The molecule has 2 aliphatic rings. The van der Waals surface area contributed by atoms with Crippen molar-refractivity contribution in [1.29, 1.82) is 0 Å². The summed E-state index contributed by atoms with van der Waals surface area (Å²) in [5, 5.41) is 16.6. The number of hydrogen-bond acceptors (Lipinski definition) is 5. The van der Waals surface area contributed by atoms with Gasteiger partial charge in [-0.05, 0) is 99.3 Å². The van der Waals surface area contributed by atoms with Gasteiger partial charge in [0, 0.05) is 23.2 Å². The van der Waals surface area contributed by atoms with Crippen molar-refractivity contribution in [3.63, 3.8) is 0 Å². The Labute approximate surface area is 238 Å². The smallest absolute Gasteiger partial charge is 0.213 e. The zero-order chi connectivity index (χ0) is 27.2. The zero-order valence-electron chi connectivity index (χ0n) is 22.4. The highest BCUT2D eigenvalue weighted by Crippen LogP contribution is 2.44. The Kier molecular flexibility index (Phi) is 6.20. The van der Waals surface area contributed by atoms with Crippen molar-refractivity contribution in [1.82, 2.24) is 25.2 Å². The largest absolute Gasteiger partial charge is 0.481 e. The van der Waals surface area contributed by atoms with Gasteiger partial charge in [-0.2, -0.15) is 0 Å².